The molecular weight excluding hydrogens is 260 g/mol. The minimum atomic E-state index is 0. The molecular formula is C17H38N4. The zero-order chi connectivity index (χ0) is 14.5. The molecule has 0 saturated carbocycles. The van der Waals surface area contributed by atoms with Crippen molar-refractivity contribution in [3.8, 4) is 0 Å². The third-order valence-corrected chi connectivity index (χ3v) is 2.99. The molecule has 0 atom stereocenters. The van der Waals surface area contributed by atoms with Crippen LogP contribution in [0.25, 0.3) is 0 Å². The Kier molecular flexibility index (Phi) is 9.59. The molecule has 21 heavy (non-hydrogen) atoms. The lowest BCUT2D eigenvalue weighted by Gasteiger charge is -2.25. The van der Waals surface area contributed by atoms with Gasteiger partial charge in [-0.15, -0.1) is 0 Å². The number of hydrogen-bond acceptors (Lipinski definition) is 4. The number of nitrogens with zero attached hydrogens (tertiary/aromatic N) is 2. The Balaban J connectivity index is 0. The predicted octanol–water partition coefficient (Wildman–Crippen LogP) is 3.73. The average Bonchev–Trinajstić information content (AvgIpc) is 2.83. The molecule has 2 heterocycles. The van der Waals surface area contributed by atoms with Gasteiger partial charge in [0.15, 0.2) is 0 Å². The van der Waals surface area contributed by atoms with Crippen LogP contribution < -0.4 is 10.6 Å². The Hall–Kier alpha value is -1.06. The fourth-order valence-corrected chi connectivity index (χ4v) is 1.94. The number of aliphatic imine (C=N–C) groups is 2. The van der Waals surface area contributed by atoms with Gasteiger partial charge < -0.3 is 10.6 Å². The number of nitrogens with one attached hydrogen (secondary N) is 2. The maximum atomic E-state index is 4.41. The SMILES string of the molecule is C.C.CC(C)(C)C1=NCCCN1.CC(C)(C)C1=NCCN1. The van der Waals surface area contributed by atoms with Gasteiger partial charge >= 0.3 is 0 Å². The number of rotatable bonds is 0. The van der Waals surface area contributed by atoms with E-state index >= 15 is 0 Å². The van der Waals surface area contributed by atoms with E-state index in [1.54, 1.807) is 0 Å². The van der Waals surface area contributed by atoms with E-state index in [1.165, 1.54) is 12.3 Å². The van der Waals surface area contributed by atoms with Crippen LogP contribution in [0.4, 0.5) is 0 Å². The van der Waals surface area contributed by atoms with E-state index < -0.39 is 0 Å². The van der Waals surface area contributed by atoms with Crippen LogP contribution in [-0.4, -0.2) is 37.9 Å². The monoisotopic (exact) mass is 298 g/mol. The van der Waals surface area contributed by atoms with Crippen LogP contribution in [0.5, 0.6) is 0 Å². The highest BCUT2D eigenvalue weighted by molar-refractivity contribution is 5.88. The van der Waals surface area contributed by atoms with Crippen molar-refractivity contribution in [1.29, 1.82) is 0 Å². The average molecular weight is 299 g/mol. The molecule has 0 aromatic rings. The Bertz CT molecular complexity index is 343. The van der Waals surface area contributed by atoms with E-state index in [9.17, 15) is 0 Å². The molecule has 0 fully saturated rings. The topological polar surface area (TPSA) is 48.8 Å². The van der Waals surface area contributed by atoms with Gasteiger partial charge in [0.1, 0.15) is 11.7 Å². The van der Waals surface area contributed by atoms with Crippen molar-refractivity contribution in [2.45, 2.75) is 62.8 Å². The lowest BCUT2D eigenvalue weighted by Crippen LogP contribution is -2.38. The minimum Gasteiger partial charge on any atom is -0.373 e. The van der Waals surface area contributed by atoms with Crippen molar-refractivity contribution < 1.29 is 0 Å². The van der Waals surface area contributed by atoms with Crippen LogP contribution in [-0.2, 0) is 0 Å². The van der Waals surface area contributed by atoms with Crippen LogP contribution in [0.3, 0.4) is 0 Å². The second-order valence-corrected chi connectivity index (χ2v) is 7.17. The molecule has 0 aromatic heterocycles. The van der Waals surface area contributed by atoms with Crippen LogP contribution in [0.1, 0.15) is 62.8 Å². The third kappa shape index (κ3) is 8.08. The Morgan fingerprint density at radius 3 is 1.38 bits per heavy atom. The van der Waals surface area contributed by atoms with Crippen LogP contribution in [0.2, 0.25) is 0 Å². The number of amidine groups is 2. The minimum absolute atomic E-state index is 0. The molecule has 0 amide bonds. The van der Waals surface area contributed by atoms with Crippen molar-refractivity contribution in [2.75, 3.05) is 26.2 Å². The highest BCUT2D eigenvalue weighted by Gasteiger charge is 2.20. The Labute approximate surface area is 132 Å². The first-order valence-electron chi connectivity index (χ1n) is 7.29. The summed E-state index contributed by atoms with van der Waals surface area (Å²) in [5.41, 5.74) is 0.428. The summed E-state index contributed by atoms with van der Waals surface area (Å²) in [6.45, 7) is 17.1. The molecule has 0 saturated heterocycles. The fourth-order valence-electron chi connectivity index (χ4n) is 1.94. The van der Waals surface area contributed by atoms with E-state index in [1.807, 2.05) is 0 Å². The molecule has 2 N–H and O–H groups in total. The standard InChI is InChI=1S/C8H16N2.C7H14N2.2CH4/c1-8(2,3)7-9-5-4-6-10-7;1-7(2,3)6-8-4-5-9-6;;/h4-6H2,1-3H3,(H,9,10);4-5H2,1-3H3,(H,8,9);2*1H4. The lowest BCUT2D eigenvalue weighted by molar-refractivity contribution is 0.543. The van der Waals surface area contributed by atoms with E-state index in [0.29, 0.717) is 0 Å². The normalized spacial score (nSPS) is 17.6. The van der Waals surface area contributed by atoms with Gasteiger partial charge in [-0.05, 0) is 6.42 Å². The third-order valence-electron chi connectivity index (χ3n) is 2.99. The van der Waals surface area contributed by atoms with Gasteiger partial charge in [-0.2, -0.15) is 0 Å². The van der Waals surface area contributed by atoms with Gasteiger partial charge in [0.05, 0.1) is 6.54 Å². The van der Waals surface area contributed by atoms with E-state index in [-0.39, 0.29) is 25.7 Å². The van der Waals surface area contributed by atoms with Gasteiger partial charge in [0.25, 0.3) is 0 Å². The number of hydrogen-bond donors (Lipinski definition) is 2. The summed E-state index contributed by atoms with van der Waals surface area (Å²) in [5, 5.41) is 6.56. The van der Waals surface area contributed by atoms with Gasteiger partial charge in [0.2, 0.25) is 0 Å². The molecule has 0 unspecified atom stereocenters. The largest absolute Gasteiger partial charge is 0.373 e. The summed E-state index contributed by atoms with van der Waals surface area (Å²) in [4.78, 5) is 8.72. The Morgan fingerprint density at radius 1 is 0.714 bits per heavy atom. The predicted molar refractivity (Wildman–Crippen MR) is 97.6 cm³/mol. The highest BCUT2D eigenvalue weighted by Crippen LogP contribution is 2.16. The smallest absolute Gasteiger partial charge is 0.102 e. The molecule has 4 heteroatoms. The lowest BCUT2D eigenvalue weighted by atomic mass is 9.94. The summed E-state index contributed by atoms with van der Waals surface area (Å²) in [6, 6.07) is 0. The van der Waals surface area contributed by atoms with Gasteiger partial charge in [0, 0.05) is 30.5 Å². The molecule has 2 rings (SSSR count). The maximum absolute atomic E-state index is 4.41. The zero-order valence-electron chi connectivity index (χ0n) is 13.4. The molecule has 0 aromatic carbocycles. The zero-order valence-corrected chi connectivity index (χ0v) is 13.4. The first-order chi connectivity index (χ1) is 8.71. The van der Waals surface area contributed by atoms with Gasteiger partial charge in [-0.25, -0.2) is 0 Å². The molecule has 2 aliphatic heterocycles. The molecule has 0 bridgehead atoms. The molecule has 0 spiro atoms. The van der Waals surface area contributed by atoms with Crippen molar-refractivity contribution in [3.63, 3.8) is 0 Å². The van der Waals surface area contributed by atoms with Crippen molar-refractivity contribution in [1.82, 2.24) is 10.6 Å². The second-order valence-electron chi connectivity index (χ2n) is 7.17. The molecule has 0 aliphatic carbocycles. The first-order valence-corrected chi connectivity index (χ1v) is 7.29. The van der Waals surface area contributed by atoms with E-state index in [4.69, 9.17) is 0 Å². The summed E-state index contributed by atoms with van der Waals surface area (Å²) in [6.07, 6.45) is 1.18. The summed E-state index contributed by atoms with van der Waals surface area (Å²) >= 11 is 0. The molecule has 2 aliphatic rings. The summed E-state index contributed by atoms with van der Waals surface area (Å²) in [5.74, 6) is 2.32. The van der Waals surface area contributed by atoms with Crippen molar-refractivity contribution >= 4 is 11.7 Å². The van der Waals surface area contributed by atoms with E-state index in [2.05, 4.69) is 62.2 Å². The molecule has 0 radical (unpaired) electrons. The quantitative estimate of drug-likeness (QED) is 0.716. The van der Waals surface area contributed by atoms with Crippen LogP contribution in [0.15, 0.2) is 9.98 Å². The van der Waals surface area contributed by atoms with E-state index in [0.717, 1.165) is 32.0 Å². The van der Waals surface area contributed by atoms with Crippen LogP contribution >= 0.6 is 0 Å². The molecule has 126 valence electrons. The summed E-state index contributed by atoms with van der Waals surface area (Å²) < 4.78 is 0. The van der Waals surface area contributed by atoms with Crippen LogP contribution in [0, 0.1) is 10.8 Å². The molecule has 4 nitrogen and oxygen atoms in total. The summed E-state index contributed by atoms with van der Waals surface area (Å²) in [7, 11) is 0. The second kappa shape index (κ2) is 9.06. The van der Waals surface area contributed by atoms with Gasteiger partial charge in [-0.1, -0.05) is 56.4 Å². The van der Waals surface area contributed by atoms with Crippen molar-refractivity contribution in [2.24, 2.45) is 20.8 Å². The van der Waals surface area contributed by atoms with Gasteiger partial charge in [-0.3, -0.25) is 9.98 Å². The van der Waals surface area contributed by atoms with Crippen molar-refractivity contribution in [3.05, 3.63) is 0 Å². The first kappa shape index (κ1) is 22.2. The Morgan fingerprint density at radius 2 is 1.14 bits per heavy atom. The highest BCUT2D eigenvalue weighted by atomic mass is 15.1. The fraction of sp³-hybridized carbons (Fsp3) is 0.882. The maximum Gasteiger partial charge on any atom is 0.102 e.